The fraction of sp³-hybridized carbons (Fsp3) is 0.417. The fourth-order valence-electron chi connectivity index (χ4n) is 1.62. The Morgan fingerprint density at radius 2 is 2.12 bits per heavy atom. The number of likely N-dealkylation sites (N-methyl/N-ethyl adjacent to an activating group) is 1. The molecule has 0 aliphatic heterocycles. The second-order valence-corrected chi connectivity index (χ2v) is 3.94. The number of aliphatic hydroxyl groups excluding tert-OH is 1. The number of nitrogens with zero attached hydrogens (tertiary/aromatic N) is 1. The third kappa shape index (κ3) is 2.59. The molecule has 4 heteroatoms. The molecular formula is C12H18N2O2. The Kier molecular flexibility index (Phi) is 4.04. The molecule has 0 fully saturated rings. The van der Waals surface area contributed by atoms with Crippen LogP contribution in [-0.2, 0) is 4.79 Å². The van der Waals surface area contributed by atoms with Gasteiger partial charge in [-0.15, -0.1) is 0 Å². The van der Waals surface area contributed by atoms with Crippen molar-refractivity contribution in [1.82, 2.24) is 0 Å². The van der Waals surface area contributed by atoms with E-state index in [-0.39, 0.29) is 12.5 Å². The van der Waals surface area contributed by atoms with Crippen LogP contribution in [0.4, 0.5) is 5.69 Å². The fourth-order valence-corrected chi connectivity index (χ4v) is 1.62. The van der Waals surface area contributed by atoms with E-state index in [1.165, 1.54) is 4.90 Å². The van der Waals surface area contributed by atoms with Crippen molar-refractivity contribution in [2.45, 2.75) is 20.0 Å². The lowest BCUT2D eigenvalue weighted by molar-refractivity contribution is -0.125. The summed E-state index contributed by atoms with van der Waals surface area (Å²) in [6.45, 7) is 3.86. The Morgan fingerprint density at radius 3 is 2.62 bits per heavy atom. The SMILES string of the molecule is Cc1ccc(N(C)C(=O)C(O)CN)c(C)c1. The van der Waals surface area contributed by atoms with Gasteiger partial charge in [-0.2, -0.15) is 0 Å². The van der Waals surface area contributed by atoms with E-state index in [1.807, 2.05) is 32.0 Å². The Labute approximate surface area is 95.7 Å². The van der Waals surface area contributed by atoms with E-state index in [4.69, 9.17) is 5.73 Å². The normalized spacial score (nSPS) is 12.3. The van der Waals surface area contributed by atoms with E-state index in [2.05, 4.69) is 0 Å². The molecule has 1 aromatic carbocycles. The number of rotatable bonds is 3. The number of amides is 1. The second kappa shape index (κ2) is 5.09. The summed E-state index contributed by atoms with van der Waals surface area (Å²) in [6, 6.07) is 5.79. The molecule has 1 aromatic rings. The summed E-state index contributed by atoms with van der Waals surface area (Å²) < 4.78 is 0. The van der Waals surface area contributed by atoms with Gasteiger partial charge in [-0.25, -0.2) is 0 Å². The van der Waals surface area contributed by atoms with Gasteiger partial charge >= 0.3 is 0 Å². The van der Waals surface area contributed by atoms with Crippen LogP contribution in [0.1, 0.15) is 11.1 Å². The molecule has 0 heterocycles. The molecule has 1 atom stereocenters. The first-order valence-corrected chi connectivity index (χ1v) is 5.20. The number of nitrogens with two attached hydrogens (primary N) is 1. The standard InChI is InChI=1S/C12H18N2O2/c1-8-4-5-10(9(2)6-8)14(3)12(16)11(15)7-13/h4-6,11,15H,7,13H2,1-3H3. The molecule has 0 saturated heterocycles. The van der Waals surface area contributed by atoms with E-state index >= 15 is 0 Å². The molecule has 3 N–H and O–H groups in total. The Hall–Kier alpha value is -1.39. The average molecular weight is 222 g/mol. The second-order valence-electron chi connectivity index (χ2n) is 3.94. The minimum Gasteiger partial charge on any atom is -0.382 e. The van der Waals surface area contributed by atoms with Gasteiger partial charge in [-0.3, -0.25) is 4.79 Å². The lowest BCUT2D eigenvalue weighted by atomic mass is 10.1. The predicted octanol–water partition coefficient (Wildman–Crippen LogP) is 0.586. The zero-order chi connectivity index (χ0) is 12.3. The monoisotopic (exact) mass is 222 g/mol. The van der Waals surface area contributed by atoms with Crippen LogP contribution in [0.5, 0.6) is 0 Å². The summed E-state index contributed by atoms with van der Waals surface area (Å²) in [5.41, 5.74) is 8.19. The molecule has 88 valence electrons. The predicted molar refractivity (Wildman–Crippen MR) is 64.4 cm³/mol. The van der Waals surface area contributed by atoms with Crippen molar-refractivity contribution in [3.63, 3.8) is 0 Å². The Morgan fingerprint density at radius 1 is 1.50 bits per heavy atom. The topological polar surface area (TPSA) is 66.6 Å². The van der Waals surface area contributed by atoms with Gasteiger partial charge in [0.25, 0.3) is 5.91 Å². The maximum atomic E-state index is 11.7. The van der Waals surface area contributed by atoms with Gasteiger partial charge in [0, 0.05) is 19.3 Å². The quantitative estimate of drug-likeness (QED) is 0.786. The summed E-state index contributed by atoms with van der Waals surface area (Å²) in [6.07, 6.45) is -1.13. The van der Waals surface area contributed by atoms with Crippen LogP contribution >= 0.6 is 0 Å². The molecule has 0 aliphatic rings. The van der Waals surface area contributed by atoms with E-state index in [0.29, 0.717) is 0 Å². The minimum absolute atomic E-state index is 0.0614. The summed E-state index contributed by atoms with van der Waals surface area (Å²) in [4.78, 5) is 13.1. The van der Waals surface area contributed by atoms with Crippen LogP contribution < -0.4 is 10.6 Å². The maximum Gasteiger partial charge on any atom is 0.256 e. The van der Waals surface area contributed by atoms with Crippen molar-refractivity contribution in [1.29, 1.82) is 0 Å². The van der Waals surface area contributed by atoms with Crippen LogP contribution in [0.25, 0.3) is 0 Å². The summed E-state index contributed by atoms with van der Waals surface area (Å²) in [7, 11) is 1.64. The van der Waals surface area contributed by atoms with E-state index in [1.54, 1.807) is 7.05 Å². The number of carbonyl (C=O) groups is 1. The molecule has 0 aromatic heterocycles. The van der Waals surface area contributed by atoms with E-state index < -0.39 is 6.10 Å². The van der Waals surface area contributed by atoms with Gasteiger partial charge in [0.1, 0.15) is 6.10 Å². The molecule has 0 saturated carbocycles. The molecule has 0 spiro atoms. The van der Waals surface area contributed by atoms with Crippen molar-refractivity contribution in [2.75, 3.05) is 18.5 Å². The Bertz CT molecular complexity index is 391. The van der Waals surface area contributed by atoms with Gasteiger partial charge in [0.2, 0.25) is 0 Å². The highest BCUT2D eigenvalue weighted by Gasteiger charge is 2.19. The Balaban J connectivity index is 2.96. The molecular weight excluding hydrogens is 204 g/mol. The molecule has 1 rings (SSSR count). The third-order valence-electron chi connectivity index (χ3n) is 2.55. The zero-order valence-electron chi connectivity index (χ0n) is 9.90. The zero-order valence-corrected chi connectivity index (χ0v) is 9.90. The number of aliphatic hydroxyl groups is 1. The van der Waals surface area contributed by atoms with Crippen LogP contribution in [-0.4, -0.2) is 30.7 Å². The third-order valence-corrected chi connectivity index (χ3v) is 2.55. The molecule has 0 bridgehead atoms. The van der Waals surface area contributed by atoms with Crippen molar-refractivity contribution < 1.29 is 9.90 Å². The highest BCUT2D eigenvalue weighted by Crippen LogP contribution is 2.20. The first-order chi connectivity index (χ1) is 7.47. The highest BCUT2D eigenvalue weighted by molar-refractivity contribution is 5.96. The number of aryl methyl sites for hydroxylation is 2. The van der Waals surface area contributed by atoms with Gasteiger partial charge < -0.3 is 15.7 Å². The lowest BCUT2D eigenvalue weighted by Gasteiger charge is -2.22. The van der Waals surface area contributed by atoms with Crippen LogP contribution in [0.3, 0.4) is 0 Å². The van der Waals surface area contributed by atoms with Crippen molar-refractivity contribution in [3.8, 4) is 0 Å². The van der Waals surface area contributed by atoms with Gasteiger partial charge in [-0.1, -0.05) is 17.7 Å². The lowest BCUT2D eigenvalue weighted by Crippen LogP contribution is -2.40. The highest BCUT2D eigenvalue weighted by atomic mass is 16.3. The van der Waals surface area contributed by atoms with Gasteiger partial charge in [0.05, 0.1) is 0 Å². The van der Waals surface area contributed by atoms with Crippen LogP contribution in [0.2, 0.25) is 0 Å². The van der Waals surface area contributed by atoms with E-state index in [0.717, 1.165) is 16.8 Å². The van der Waals surface area contributed by atoms with Crippen LogP contribution in [0, 0.1) is 13.8 Å². The van der Waals surface area contributed by atoms with Gasteiger partial charge in [0.15, 0.2) is 0 Å². The smallest absolute Gasteiger partial charge is 0.256 e. The molecule has 16 heavy (non-hydrogen) atoms. The molecule has 1 amide bonds. The summed E-state index contributed by atoms with van der Waals surface area (Å²) in [5.74, 6) is -0.380. The first-order valence-electron chi connectivity index (χ1n) is 5.20. The van der Waals surface area contributed by atoms with E-state index in [9.17, 15) is 9.90 Å². The maximum absolute atomic E-state index is 11.7. The number of benzene rings is 1. The molecule has 0 radical (unpaired) electrons. The number of hydrogen-bond acceptors (Lipinski definition) is 3. The average Bonchev–Trinajstić information content (AvgIpc) is 2.26. The van der Waals surface area contributed by atoms with Crippen molar-refractivity contribution >= 4 is 11.6 Å². The molecule has 4 nitrogen and oxygen atoms in total. The number of hydrogen-bond donors (Lipinski definition) is 2. The first kappa shape index (κ1) is 12.7. The minimum atomic E-state index is -1.13. The largest absolute Gasteiger partial charge is 0.382 e. The van der Waals surface area contributed by atoms with Crippen molar-refractivity contribution in [3.05, 3.63) is 29.3 Å². The van der Waals surface area contributed by atoms with Gasteiger partial charge in [-0.05, 0) is 25.5 Å². The summed E-state index contributed by atoms with van der Waals surface area (Å²) in [5, 5.41) is 9.39. The van der Waals surface area contributed by atoms with Crippen molar-refractivity contribution in [2.24, 2.45) is 5.73 Å². The number of carbonyl (C=O) groups excluding carboxylic acids is 1. The van der Waals surface area contributed by atoms with Crippen LogP contribution in [0.15, 0.2) is 18.2 Å². The molecule has 1 unspecified atom stereocenters. The summed E-state index contributed by atoms with van der Waals surface area (Å²) >= 11 is 0. The number of anilines is 1. The molecule has 0 aliphatic carbocycles.